The fourth-order valence-electron chi connectivity index (χ4n) is 3.76. The van der Waals surface area contributed by atoms with Crippen molar-refractivity contribution in [3.8, 4) is 0 Å². The van der Waals surface area contributed by atoms with E-state index in [0.717, 1.165) is 23.1 Å². The molecule has 1 aromatic rings. The van der Waals surface area contributed by atoms with E-state index < -0.39 is 6.04 Å². The highest BCUT2D eigenvalue weighted by atomic mass is 16.2. The molecule has 3 amide bonds. The highest BCUT2D eigenvalue weighted by Gasteiger charge is 2.32. The molecule has 2 aliphatic rings. The summed E-state index contributed by atoms with van der Waals surface area (Å²) in [6.45, 7) is 8.52. The van der Waals surface area contributed by atoms with Gasteiger partial charge in [0, 0.05) is 38.2 Å². The molecule has 146 valence electrons. The van der Waals surface area contributed by atoms with Crippen molar-refractivity contribution in [1.29, 1.82) is 0 Å². The molecule has 2 heterocycles. The van der Waals surface area contributed by atoms with Gasteiger partial charge in [0.05, 0.1) is 0 Å². The summed E-state index contributed by atoms with van der Waals surface area (Å²) in [6.07, 6.45) is 1.74. The summed E-state index contributed by atoms with van der Waals surface area (Å²) in [5, 5.41) is 2.74. The van der Waals surface area contributed by atoms with Crippen LogP contribution < -0.4 is 5.32 Å². The molecule has 6 nitrogen and oxygen atoms in total. The van der Waals surface area contributed by atoms with Crippen LogP contribution in [0.2, 0.25) is 0 Å². The summed E-state index contributed by atoms with van der Waals surface area (Å²) in [7, 11) is 0. The molecule has 1 N–H and O–H groups in total. The van der Waals surface area contributed by atoms with Crippen molar-refractivity contribution in [2.45, 2.75) is 52.0 Å². The number of aryl methyl sites for hydroxylation is 1. The van der Waals surface area contributed by atoms with Gasteiger partial charge in [0.1, 0.15) is 6.04 Å². The number of carbonyl (C=O) groups is 3. The molecule has 2 aliphatic heterocycles. The lowest BCUT2D eigenvalue weighted by Crippen LogP contribution is -2.46. The number of rotatable bonds is 3. The van der Waals surface area contributed by atoms with Crippen molar-refractivity contribution < 1.29 is 14.4 Å². The van der Waals surface area contributed by atoms with E-state index >= 15 is 0 Å². The van der Waals surface area contributed by atoms with Crippen molar-refractivity contribution in [1.82, 2.24) is 15.1 Å². The SMILES string of the molecule is Cc1ccc(C(C)C)cc1C(=O)N1CCCN(C(=O)C2CCC(=O)N2)CC1. The van der Waals surface area contributed by atoms with Crippen LogP contribution in [0.5, 0.6) is 0 Å². The van der Waals surface area contributed by atoms with E-state index in [9.17, 15) is 14.4 Å². The number of nitrogens with zero attached hydrogens (tertiary/aromatic N) is 2. The van der Waals surface area contributed by atoms with Crippen molar-refractivity contribution in [3.63, 3.8) is 0 Å². The van der Waals surface area contributed by atoms with Crippen LogP contribution in [-0.2, 0) is 9.59 Å². The van der Waals surface area contributed by atoms with Crippen molar-refractivity contribution in [2.75, 3.05) is 26.2 Å². The van der Waals surface area contributed by atoms with Gasteiger partial charge in [0.25, 0.3) is 5.91 Å². The molecule has 1 unspecified atom stereocenters. The van der Waals surface area contributed by atoms with Gasteiger partial charge in [-0.3, -0.25) is 14.4 Å². The van der Waals surface area contributed by atoms with Crippen LogP contribution in [0.15, 0.2) is 18.2 Å². The summed E-state index contributed by atoms with van der Waals surface area (Å²) in [6, 6.07) is 5.70. The highest BCUT2D eigenvalue weighted by Crippen LogP contribution is 2.21. The Labute approximate surface area is 160 Å². The normalized spacial score (nSPS) is 20.6. The van der Waals surface area contributed by atoms with E-state index in [2.05, 4.69) is 25.2 Å². The van der Waals surface area contributed by atoms with Crippen LogP contribution in [0, 0.1) is 6.92 Å². The van der Waals surface area contributed by atoms with E-state index in [1.54, 1.807) is 4.90 Å². The predicted molar refractivity (Wildman–Crippen MR) is 104 cm³/mol. The molecular weight excluding hydrogens is 342 g/mol. The number of hydrogen-bond donors (Lipinski definition) is 1. The molecule has 0 radical (unpaired) electrons. The average molecular weight is 371 g/mol. The Hall–Kier alpha value is -2.37. The molecule has 2 fully saturated rings. The molecule has 1 atom stereocenters. The van der Waals surface area contributed by atoms with E-state index in [4.69, 9.17) is 0 Å². The second-order valence-electron chi connectivity index (χ2n) is 7.86. The van der Waals surface area contributed by atoms with Crippen LogP contribution in [0.4, 0.5) is 0 Å². The van der Waals surface area contributed by atoms with Crippen molar-refractivity contribution >= 4 is 17.7 Å². The first-order valence-electron chi connectivity index (χ1n) is 9.85. The molecule has 0 aromatic heterocycles. The van der Waals surface area contributed by atoms with E-state index in [-0.39, 0.29) is 17.7 Å². The minimum atomic E-state index is -0.398. The Morgan fingerprint density at radius 1 is 1.11 bits per heavy atom. The molecule has 0 aliphatic carbocycles. The molecule has 3 rings (SSSR count). The zero-order chi connectivity index (χ0) is 19.6. The fourth-order valence-corrected chi connectivity index (χ4v) is 3.76. The van der Waals surface area contributed by atoms with Gasteiger partial charge >= 0.3 is 0 Å². The molecule has 27 heavy (non-hydrogen) atoms. The van der Waals surface area contributed by atoms with E-state index in [1.165, 1.54) is 0 Å². The summed E-state index contributed by atoms with van der Waals surface area (Å²) in [5.41, 5.74) is 2.90. The third-order valence-electron chi connectivity index (χ3n) is 5.55. The number of nitrogens with one attached hydrogen (secondary N) is 1. The van der Waals surface area contributed by atoms with E-state index in [1.807, 2.05) is 24.0 Å². The summed E-state index contributed by atoms with van der Waals surface area (Å²) < 4.78 is 0. The number of benzene rings is 1. The standard InChI is InChI=1S/C21H29N3O3/c1-14(2)16-6-5-15(3)17(13-16)20(26)23-9-4-10-24(12-11-23)21(27)18-7-8-19(25)22-18/h5-6,13-14,18H,4,7-12H2,1-3H3,(H,22,25). The third-order valence-corrected chi connectivity index (χ3v) is 5.55. The van der Waals surface area contributed by atoms with Crippen LogP contribution in [0.3, 0.4) is 0 Å². The third kappa shape index (κ3) is 4.31. The van der Waals surface area contributed by atoms with Gasteiger partial charge in [-0.05, 0) is 42.9 Å². The average Bonchev–Trinajstić information content (AvgIpc) is 2.93. The molecule has 0 saturated carbocycles. The first kappa shape index (κ1) is 19.4. The van der Waals surface area contributed by atoms with Crippen LogP contribution >= 0.6 is 0 Å². The van der Waals surface area contributed by atoms with Crippen LogP contribution in [0.25, 0.3) is 0 Å². The molecular formula is C21H29N3O3. The summed E-state index contributed by atoms with van der Waals surface area (Å²) in [4.78, 5) is 40.7. The topological polar surface area (TPSA) is 69.7 Å². The fraction of sp³-hybridized carbons (Fsp3) is 0.571. The Bertz CT molecular complexity index is 744. The van der Waals surface area contributed by atoms with Crippen molar-refractivity contribution in [2.24, 2.45) is 0 Å². The Kier molecular flexibility index (Phi) is 5.82. The second-order valence-corrected chi connectivity index (χ2v) is 7.86. The number of carbonyl (C=O) groups excluding carboxylic acids is 3. The number of amides is 3. The first-order chi connectivity index (χ1) is 12.9. The van der Waals surface area contributed by atoms with Crippen LogP contribution in [-0.4, -0.2) is 59.7 Å². The van der Waals surface area contributed by atoms with Gasteiger partial charge in [0.2, 0.25) is 11.8 Å². The Balaban J connectivity index is 1.67. The smallest absolute Gasteiger partial charge is 0.254 e. The maximum atomic E-state index is 13.1. The monoisotopic (exact) mass is 371 g/mol. The zero-order valence-corrected chi connectivity index (χ0v) is 16.5. The largest absolute Gasteiger partial charge is 0.344 e. The maximum Gasteiger partial charge on any atom is 0.254 e. The first-order valence-corrected chi connectivity index (χ1v) is 9.85. The quantitative estimate of drug-likeness (QED) is 0.884. The maximum absolute atomic E-state index is 13.1. The van der Waals surface area contributed by atoms with Gasteiger partial charge in [0.15, 0.2) is 0 Å². The minimum absolute atomic E-state index is 0.0202. The van der Waals surface area contributed by atoms with Gasteiger partial charge < -0.3 is 15.1 Å². The van der Waals surface area contributed by atoms with Gasteiger partial charge in [-0.25, -0.2) is 0 Å². The van der Waals surface area contributed by atoms with Crippen LogP contribution in [0.1, 0.15) is 60.5 Å². The zero-order valence-electron chi connectivity index (χ0n) is 16.5. The Morgan fingerprint density at radius 2 is 1.81 bits per heavy atom. The summed E-state index contributed by atoms with van der Waals surface area (Å²) in [5.74, 6) is 0.336. The van der Waals surface area contributed by atoms with E-state index in [0.29, 0.717) is 44.9 Å². The minimum Gasteiger partial charge on any atom is -0.344 e. The molecule has 6 heteroatoms. The Morgan fingerprint density at radius 3 is 2.48 bits per heavy atom. The second kappa shape index (κ2) is 8.11. The number of hydrogen-bond acceptors (Lipinski definition) is 3. The van der Waals surface area contributed by atoms with Gasteiger partial charge in [-0.2, -0.15) is 0 Å². The molecule has 0 spiro atoms. The van der Waals surface area contributed by atoms with Gasteiger partial charge in [-0.1, -0.05) is 26.0 Å². The lowest BCUT2D eigenvalue weighted by Gasteiger charge is -2.25. The molecule has 1 aromatic carbocycles. The molecule has 2 saturated heterocycles. The molecule has 0 bridgehead atoms. The lowest BCUT2D eigenvalue weighted by atomic mass is 9.97. The summed E-state index contributed by atoms with van der Waals surface area (Å²) >= 11 is 0. The highest BCUT2D eigenvalue weighted by molar-refractivity contribution is 5.96. The van der Waals surface area contributed by atoms with Gasteiger partial charge in [-0.15, -0.1) is 0 Å². The predicted octanol–water partition coefficient (Wildman–Crippen LogP) is 2.07. The lowest BCUT2D eigenvalue weighted by molar-refractivity contribution is -0.134. The van der Waals surface area contributed by atoms with Crippen molar-refractivity contribution in [3.05, 3.63) is 34.9 Å².